The number of likely N-dealkylation sites (tertiary alicyclic amines) is 1. The molecule has 1 fully saturated rings. The number of likely N-dealkylation sites (N-methyl/N-ethyl adjacent to an activating group) is 1. The summed E-state index contributed by atoms with van der Waals surface area (Å²) in [5.74, 6) is -0.118. The fourth-order valence-electron chi connectivity index (χ4n) is 2.15. The molecule has 0 spiro atoms. The highest BCUT2D eigenvalue weighted by Gasteiger charge is 2.12. The van der Waals surface area contributed by atoms with Gasteiger partial charge in [-0.05, 0) is 38.1 Å². The first-order chi connectivity index (χ1) is 8.66. The van der Waals surface area contributed by atoms with Crippen molar-refractivity contribution in [3.05, 3.63) is 23.9 Å². The Balaban J connectivity index is 1.87. The molecule has 1 aromatic rings. The zero-order valence-corrected chi connectivity index (χ0v) is 10.7. The van der Waals surface area contributed by atoms with Crippen LogP contribution in [0.4, 0.5) is 5.82 Å². The number of aromatic carboxylic acids is 1. The Morgan fingerprint density at radius 3 is 2.72 bits per heavy atom. The maximum atomic E-state index is 10.7. The minimum Gasteiger partial charge on any atom is -0.478 e. The van der Waals surface area contributed by atoms with Crippen LogP contribution < -0.4 is 4.90 Å². The fourth-order valence-corrected chi connectivity index (χ4v) is 2.15. The first kappa shape index (κ1) is 12.8. The summed E-state index contributed by atoms with van der Waals surface area (Å²) in [6.45, 7) is 4.34. The third kappa shape index (κ3) is 3.20. The van der Waals surface area contributed by atoms with Crippen molar-refractivity contribution in [2.45, 2.75) is 12.8 Å². The Hall–Kier alpha value is -1.62. The summed E-state index contributed by atoms with van der Waals surface area (Å²) in [5.41, 5.74) is 0.228. The zero-order chi connectivity index (χ0) is 13.0. The Morgan fingerprint density at radius 1 is 1.44 bits per heavy atom. The first-order valence-electron chi connectivity index (χ1n) is 6.29. The fraction of sp³-hybridized carbons (Fsp3) is 0.538. The van der Waals surface area contributed by atoms with Crippen LogP contribution in [0, 0.1) is 0 Å². The molecule has 0 atom stereocenters. The van der Waals surface area contributed by atoms with E-state index in [1.807, 2.05) is 7.05 Å². The van der Waals surface area contributed by atoms with E-state index in [9.17, 15) is 4.79 Å². The van der Waals surface area contributed by atoms with Crippen molar-refractivity contribution in [1.29, 1.82) is 0 Å². The molecule has 2 rings (SSSR count). The minimum absolute atomic E-state index is 0.228. The standard InChI is InChI=1S/C13H19N3O2/c1-15(8-9-16-6-2-3-7-16)12-5-4-11(10-14-12)13(17)18/h4-5,10H,2-3,6-9H2,1H3,(H,17,18). The van der Waals surface area contributed by atoms with E-state index in [2.05, 4.69) is 14.8 Å². The van der Waals surface area contributed by atoms with Crippen LogP contribution >= 0.6 is 0 Å². The van der Waals surface area contributed by atoms with Crippen LogP contribution in [0.1, 0.15) is 23.2 Å². The second-order valence-electron chi connectivity index (χ2n) is 4.68. The largest absolute Gasteiger partial charge is 0.478 e. The second kappa shape index (κ2) is 5.82. The molecule has 0 aliphatic carbocycles. The predicted octanol–water partition coefficient (Wildman–Crippen LogP) is 1.31. The van der Waals surface area contributed by atoms with Gasteiger partial charge in [0.2, 0.25) is 0 Å². The number of aromatic nitrogens is 1. The normalized spacial score (nSPS) is 15.8. The number of carbonyl (C=O) groups is 1. The van der Waals surface area contributed by atoms with Gasteiger partial charge in [-0.1, -0.05) is 0 Å². The molecular formula is C13H19N3O2. The Labute approximate surface area is 107 Å². The smallest absolute Gasteiger partial charge is 0.337 e. The lowest BCUT2D eigenvalue weighted by Crippen LogP contribution is -2.31. The van der Waals surface area contributed by atoms with E-state index in [0.29, 0.717) is 0 Å². The van der Waals surface area contributed by atoms with Gasteiger partial charge in [0.15, 0.2) is 0 Å². The van der Waals surface area contributed by atoms with Gasteiger partial charge in [-0.15, -0.1) is 0 Å². The van der Waals surface area contributed by atoms with E-state index in [1.165, 1.54) is 32.1 Å². The molecule has 5 heteroatoms. The van der Waals surface area contributed by atoms with E-state index < -0.39 is 5.97 Å². The molecule has 98 valence electrons. The van der Waals surface area contributed by atoms with Crippen LogP contribution in [0.2, 0.25) is 0 Å². The molecular weight excluding hydrogens is 230 g/mol. The van der Waals surface area contributed by atoms with E-state index in [0.717, 1.165) is 18.9 Å². The third-order valence-corrected chi connectivity index (χ3v) is 3.34. The van der Waals surface area contributed by atoms with Gasteiger partial charge in [-0.3, -0.25) is 0 Å². The number of hydrogen-bond donors (Lipinski definition) is 1. The summed E-state index contributed by atoms with van der Waals surface area (Å²) >= 11 is 0. The van der Waals surface area contributed by atoms with E-state index in [4.69, 9.17) is 5.11 Å². The molecule has 1 N–H and O–H groups in total. The molecule has 1 saturated heterocycles. The summed E-state index contributed by atoms with van der Waals surface area (Å²) in [4.78, 5) is 19.4. The average Bonchev–Trinajstić information content (AvgIpc) is 2.89. The van der Waals surface area contributed by atoms with Crippen LogP contribution in [0.5, 0.6) is 0 Å². The quantitative estimate of drug-likeness (QED) is 0.852. The van der Waals surface area contributed by atoms with Gasteiger partial charge in [0, 0.05) is 26.3 Å². The number of carboxylic acid groups (broad SMARTS) is 1. The first-order valence-corrected chi connectivity index (χ1v) is 6.29. The Bertz CT molecular complexity index is 399. The van der Waals surface area contributed by atoms with Gasteiger partial charge in [0.1, 0.15) is 5.82 Å². The molecule has 1 aliphatic rings. The average molecular weight is 249 g/mol. The van der Waals surface area contributed by atoms with Gasteiger partial charge in [0.25, 0.3) is 0 Å². The molecule has 0 aromatic carbocycles. The molecule has 0 radical (unpaired) electrons. The number of carboxylic acids is 1. The molecule has 5 nitrogen and oxygen atoms in total. The molecule has 0 bridgehead atoms. The summed E-state index contributed by atoms with van der Waals surface area (Å²) in [6.07, 6.45) is 4.01. The van der Waals surface area contributed by atoms with E-state index >= 15 is 0 Å². The monoisotopic (exact) mass is 249 g/mol. The highest BCUT2D eigenvalue weighted by molar-refractivity contribution is 5.87. The number of pyridine rings is 1. The van der Waals surface area contributed by atoms with Crippen molar-refractivity contribution in [3.63, 3.8) is 0 Å². The molecule has 0 amide bonds. The van der Waals surface area contributed by atoms with Crippen LogP contribution in [0.3, 0.4) is 0 Å². The van der Waals surface area contributed by atoms with Crippen molar-refractivity contribution in [1.82, 2.24) is 9.88 Å². The molecule has 2 heterocycles. The Kier molecular flexibility index (Phi) is 4.15. The van der Waals surface area contributed by atoms with Gasteiger partial charge in [-0.2, -0.15) is 0 Å². The Morgan fingerprint density at radius 2 is 2.17 bits per heavy atom. The summed E-state index contributed by atoms with van der Waals surface area (Å²) in [6, 6.07) is 3.35. The number of rotatable bonds is 5. The van der Waals surface area contributed by atoms with Gasteiger partial charge >= 0.3 is 5.97 Å². The van der Waals surface area contributed by atoms with Gasteiger partial charge in [0.05, 0.1) is 5.56 Å². The highest BCUT2D eigenvalue weighted by atomic mass is 16.4. The minimum atomic E-state index is -0.936. The predicted molar refractivity (Wildman–Crippen MR) is 70.1 cm³/mol. The molecule has 0 saturated carbocycles. The number of anilines is 1. The van der Waals surface area contributed by atoms with E-state index in [-0.39, 0.29) is 5.56 Å². The molecule has 1 aromatic heterocycles. The summed E-state index contributed by atoms with van der Waals surface area (Å²) in [7, 11) is 1.98. The van der Waals surface area contributed by atoms with Crippen molar-refractivity contribution >= 4 is 11.8 Å². The number of nitrogens with zero attached hydrogens (tertiary/aromatic N) is 3. The van der Waals surface area contributed by atoms with Crippen LogP contribution in [-0.2, 0) is 0 Å². The molecule has 1 aliphatic heterocycles. The highest BCUT2D eigenvalue weighted by Crippen LogP contribution is 2.11. The van der Waals surface area contributed by atoms with Gasteiger partial charge in [-0.25, -0.2) is 9.78 Å². The van der Waals surface area contributed by atoms with Crippen molar-refractivity contribution in [3.8, 4) is 0 Å². The van der Waals surface area contributed by atoms with E-state index in [1.54, 1.807) is 12.1 Å². The SMILES string of the molecule is CN(CCN1CCCC1)c1ccc(C(=O)O)cn1. The van der Waals surface area contributed by atoms with Gasteiger partial charge < -0.3 is 14.9 Å². The van der Waals surface area contributed by atoms with Crippen LogP contribution in [0.25, 0.3) is 0 Å². The lowest BCUT2D eigenvalue weighted by Gasteiger charge is -2.22. The maximum Gasteiger partial charge on any atom is 0.337 e. The number of hydrogen-bond acceptors (Lipinski definition) is 4. The van der Waals surface area contributed by atoms with Crippen molar-refractivity contribution < 1.29 is 9.90 Å². The maximum absolute atomic E-state index is 10.7. The topological polar surface area (TPSA) is 56.7 Å². The van der Waals surface area contributed by atoms with Crippen LogP contribution in [-0.4, -0.2) is 54.2 Å². The van der Waals surface area contributed by atoms with Crippen molar-refractivity contribution in [2.24, 2.45) is 0 Å². The summed E-state index contributed by atoms with van der Waals surface area (Å²) in [5, 5.41) is 8.80. The lowest BCUT2D eigenvalue weighted by atomic mass is 10.3. The zero-order valence-electron chi connectivity index (χ0n) is 10.7. The third-order valence-electron chi connectivity index (χ3n) is 3.34. The van der Waals surface area contributed by atoms with Crippen molar-refractivity contribution in [2.75, 3.05) is 38.1 Å². The molecule has 18 heavy (non-hydrogen) atoms. The molecule has 0 unspecified atom stereocenters. The second-order valence-corrected chi connectivity index (χ2v) is 4.68. The lowest BCUT2D eigenvalue weighted by molar-refractivity contribution is 0.0696. The summed E-state index contributed by atoms with van der Waals surface area (Å²) < 4.78 is 0. The van der Waals surface area contributed by atoms with Crippen LogP contribution in [0.15, 0.2) is 18.3 Å².